The van der Waals surface area contributed by atoms with Crippen LogP contribution in [0.15, 0.2) is 12.1 Å². The van der Waals surface area contributed by atoms with Crippen molar-refractivity contribution in [3.63, 3.8) is 0 Å². The molecule has 0 aromatic heterocycles. The first-order chi connectivity index (χ1) is 11.4. The Labute approximate surface area is 141 Å². The molecule has 1 heterocycles. The van der Waals surface area contributed by atoms with Crippen LogP contribution in [0.1, 0.15) is 36.8 Å². The second-order valence-electron chi connectivity index (χ2n) is 8.41. The third-order valence-corrected chi connectivity index (χ3v) is 7.27. The summed E-state index contributed by atoms with van der Waals surface area (Å²) in [6, 6.07) is 3.88. The van der Waals surface area contributed by atoms with Crippen molar-refractivity contribution in [2.24, 2.45) is 5.41 Å². The average Bonchev–Trinajstić information content (AvgIpc) is 2.64. The zero-order chi connectivity index (χ0) is 16.9. The van der Waals surface area contributed by atoms with Crippen molar-refractivity contribution in [3.8, 4) is 11.5 Å². The zero-order valence-electron chi connectivity index (χ0n) is 14.1. The molecular formula is C19H23NO4. The highest BCUT2D eigenvalue weighted by atomic mass is 16.5. The van der Waals surface area contributed by atoms with Crippen LogP contribution in [0.25, 0.3) is 0 Å². The lowest BCUT2D eigenvalue weighted by atomic mass is 9.58. The highest BCUT2D eigenvalue weighted by Gasteiger charge is 2.78. The van der Waals surface area contributed by atoms with Crippen LogP contribution < -0.4 is 4.74 Å². The predicted octanol–water partition coefficient (Wildman–Crippen LogP) is 1.38. The summed E-state index contributed by atoms with van der Waals surface area (Å²) in [5.74, 6) is 0.725. The quantitative estimate of drug-likeness (QED) is 0.815. The Balaban J connectivity index is 1.82. The van der Waals surface area contributed by atoms with E-state index in [1.807, 2.05) is 6.07 Å². The van der Waals surface area contributed by atoms with E-state index in [-0.39, 0.29) is 23.0 Å². The molecule has 2 saturated carbocycles. The number of rotatable bonds is 1. The molecule has 1 aromatic rings. The van der Waals surface area contributed by atoms with Crippen LogP contribution >= 0.6 is 0 Å². The molecule has 5 nitrogen and oxygen atoms in total. The Morgan fingerprint density at radius 3 is 2.83 bits per heavy atom. The Morgan fingerprint density at radius 2 is 2.12 bits per heavy atom. The summed E-state index contributed by atoms with van der Waals surface area (Å²) in [6.07, 6.45) is 2.87. The van der Waals surface area contributed by atoms with Gasteiger partial charge in [-0.25, -0.2) is 0 Å². The van der Waals surface area contributed by atoms with E-state index in [0.717, 1.165) is 30.5 Å². The fraction of sp³-hybridized carbons (Fsp3) is 0.632. The van der Waals surface area contributed by atoms with Crippen molar-refractivity contribution < 1.29 is 19.7 Å². The Bertz CT molecular complexity index is 777. The molecular weight excluding hydrogens is 306 g/mol. The molecule has 0 amide bonds. The molecule has 4 aliphatic rings. The SMILES string of the molecule is COc1ccc2c(c1O)C13CC(=O)CCC1(O)C1N(C)CC1(C2)C3. The maximum atomic E-state index is 12.4. The second-order valence-corrected chi connectivity index (χ2v) is 8.41. The number of carbonyl (C=O) groups is 1. The van der Waals surface area contributed by atoms with Gasteiger partial charge in [0.05, 0.1) is 12.7 Å². The largest absolute Gasteiger partial charge is 0.504 e. The van der Waals surface area contributed by atoms with Gasteiger partial charge in [0.25, 0.3) is 0 Å². The summed E-state index contributed by atoms with van der Waals surface area (Å²) in [4.78, 5) is 14.6. The van der Waals surface area contributed by atoms with Gasteiger partial charge in [-0.05, 0) is 37.9 Å². The van der Waals surface area contributed by atoms with Gasteiger partial charge in [-0.3, -0.25) is 9.69 Å². The number of nitrogens with zero attached hydrogens (tertiary/aromatic N) is 1. The van der Waals surface area contributed by atoms with Crippen molar-refractivity contribution in [1.82, 2.24) is 4.90 Å². The molecule has 1 saturated heterocycles. The summed E-state index contributed by atoms with van der Waals surface area (Å²) in [5.41, 5.74) is 0.240. The van der Waals surface area contributed by atoms with Gasteiger partial charge in [0, 0.05) is 41.8 Å². The number of phenols is 1. The minimum absolute atomic E-state index is 0.0299. The third kappa shape index (κ3) is 1.35. The summed E-state index contributed by atoms with van der Waals surface area (Å²) in [5, 5.41) is 22.7. The van der Waals surface area contributed by atoms with Gasteiger partial charge in [-0.2, -0.15) is 0 Å². The Morgan fingerprint density at radius 1 is 1.33 bits per heavy atom. The molecule has 1 aromatic carbocycles. The van der Waals surface area contributed by atoms with Gasteiger partial charge in [-0.15, -0.1) is 0 Å². The monoisotopic (exact) mass is 329 g/mol. The maximum absolute atomic E-state index is 12.4. The lowest BCUT2D eigenvalue weighted by Gasteiger charge is -2.56. The number of likely N-dealkylation sites (N-methyl/N-ethyl adjacent to an activating group) is 1. The average molecular weight is 329 g/mol. The zero-order valence-corrected chi connectivity index (χ0v) is 14.1. The number of Topliss-reactive ketones (excluding diaryl/α,β-unsaturated/α-hetero) is 1. The van der Waals surface area contributed by atoms with Crippen molar-refractivity contribution in [2.45, 2.75) is 49.2 Å². The first kappa shape index (κ1) is 14.7. The van der Waals surface area contributed by atoms with Crippen LogP contribution in [-0.4, -0.2) is 53.2 Å². The Hall–Kier alpha value is -1.59. The highest BCUT2D eigenvalue weighted by Crippen LogP contribution is 2.72. The molecule has 4 unspecified atom stereocenters. The van der Waals surface area contributed by atoms with Crippen molar-refractivity contribution >= 4 is 5.78 Å². The number of hydrogen-bond donors (Lipinski definition) is 2. The van der Waals surface area contributed by atoms with Crippen LogP contribution in [0.5, 0.6) is 11.5 Å². The smallest absolute Gasteiger partial charge is 0.161 e. The van der Waals surface area contributed by atoms with E-state index < -0.39 is 11.0 Å². The van der Waals surface area contributed by atoms with Gasteiger partial charge in [0.2, 0.25) is 0 Å². The van der Waals surface area contributed by atoms with E-state index in [1.165, 1.54) is 7.11 Å². The number of aliphatic hydroxyl groups is 1. The van der Waals surface area contributed by atoms with E-state index >= 15 is 0 Å². The second kappa shape index (κ2) is 4.14. The van der Waals surface area contributed by atoms with Crippen molar-refractivity contribution in [1.29, 1.82) is 0 Å². The van der Waals surface area contributed by atoms with Crippen LogP contribution in [0.2, 0.25) is 0 Å². The standard InChI is InChI=1S/C19H23NO4/c1-20-10-17-7-11-3-4-13(24-2)15(22)14(11)18(9-17)8-12(21)5-6-19(18,23)16(17)20/h3-4,16,22-23H,5-10H2,1-2H3. The topological polar surface area (TPSA) is 70.0 Å². The van der Waals surface area contributed by atoms with Gasteiger partial charge in [0.15, 0.2) is 11.5 Å². The van der Waals surface area contributed by atoms with E-state index in [2.05, 4.69) is 11.9 Å². The van der Waals surface area contributed by atoms with E-state index in [4.69, 9.17) is 4.74 Å². The fourth-order valence-corrected chi connectivity index (χ4v) is 6.86. The number of benzene rings is 1. The normalized spacial score (nSPS) is 42.8. The molecule has 5 rings (SSSR count). The number of fused-ring (bicyclic) bond motifs is 2. The van der Waals surface area contributed by atoms with E-state index in [0.29, 0.717) is 25.0 Å². The molecule has 2 N–H and O–H groups in total. The maximum Gasteiger partial charge on any atom is 0.161 e. The predicted molar refractivity (Wildman–Crippen MR) is 87.3 cm³/mol. The molecule has 5 heteroatoms. The number of ether oxygens (including phenoxy) is 1. The molecule has 24 heavy (non-hydrogen) atoms. The van der Waals surface area contributed by atoms with Gasteiger partial charge < -0.3 is 14.9 Å². The molecule has 3 aliphatic carbocycles. The number of likely N-dealkylation sites (tertiary alicyclic amines) is 1. The molecule has 2 bridgehead atoms. The lowest BCUT2D eigenvalue weighted by Crippen LogP contribution is -2.69. The summed E-state index contributed by atoms with van der Waals surface area (Å²) in [6.45, 7) is 0.947. The minimum Gasteiger partial charge on any atom is -0.504 e. The van der Waals surface area contributed by atoms with Crippen LogP contribution in [0, 0.1) is 5.41 Å². The highest BCUT2D eigenvalue weighted by molar-refractivity contribution is 5.83. The van der Waals surface area contributed by atoms with Crippen LogP contribution in [0.4, 0.5) is 0 Å². The molecule has 128 valence electrons. The fourth-order valence-electron chi connectivity index (χ4n) is 6.86. The van der Waals surface area contributed by atoms with Crippen LogP contribution in [0.3, 0.4) is 0 Å². The number of ketones is 1. The van der Waals surface area contributed by atoms with Crippen LogP contribution in [-0.2, 0) is 16.6 Å². The minimum atomic E-state index is -0.955. The van der Waals surface area contributed by atoms with Crippen molar-refractivity contribution in [3.05, 3.63) is 23.3 Å². The molecule has 2 spiro atoms. The summed E-state index contributed by atoms with van der Waals surface area (Å²) < 4.78 is 5.32. The molecule has 0 radical (unpaired) electrons. The first-order valence-corrected chi connectivity index (χ1v) is 8.71. The van der Waals surface area contributed by atoms with E-state index in [1.54, 1.807) is 6.07 Å². The Kier molecular flexibility index (Phi) is 2.54. The van der Waals surface area contributed by atoms with Gasteiger partial charge in [-0.1, -0.05) is 6.07 Å². The van der Waals surface area contributed by atoms with E-state index in [9.17, 15) is 15.0 Å². The number of hydrogen-bond acceptors (Lipinski definition) is 5. The number of carbonyl (C=O) groups excluding carboxylic acids is 1. The number of aromatic hydroxyl groups is 1. The van der Waals surface area contributed by atoms with Gasteiger partial charge >= 0.3 is 0 Å². The molecule has 1 aliphatic heterocycles. The number of phenolic OH excluding ortho intramolecular Hbond substituents is 1. The number of methoxy groups -OCH3 is 1. The molecule has 3 fully saturated rings. The van der Waals surface area contributed by atoms with Gasteiger partial charge in [0.1, 0.15) is 5.78 Å². The third-order valence-electron chi connectivity index (χ3n) is 7.27. The summed E-state index contributed by atoms with van der Waals surface area (Å²) >= 11 is 0. The summed E-state index contributed by atoms with van der Waals surface area (Å²) in [7, 11) is 3.59. The lowest BCUT2D eigenvalue weighted by molar-refractivity contribution is -0.154. The molecule has 4 atom stereocenters. The van der Waals surface area contributed by atoms with Crippen molar-refractivity contribution in [2.75, 3.05) is 20.7 Å². The first-order valence-electron chi connectivity index (χ1n) is 8.71.